The van der Waals surface area contributed by atoms with Gasteiger partial charge in [0.1, 0.15) is 12.0 Å². The third-order valence-electron chi connectivity index (χ3n) is 2.49. The van der Waals surface area contributed by atoms with Gasteiger partial charge in [0.05, 0.1) is 0 Å². The van der Waals surface area contributed by atoms with Gasteiger partial charge < -0.3 is 10.3 Å². The first-order chi connectivity index (χ1) is 7.77. The highest BCUT2D eigenvalue weighted by Gasteiger charge is 2.10. The van der Waals surface area contributed by atoms with Crippen LogP contribution in [0.4, 0.5) is 0 Å². The van der Waals surface area contributed by atoms with E-state index in [4.69, 9.17) is 10.3 Å². The van der Waals surface area contributed by atoms with Gasteiger partial charge in [-0.1, -0.05) is 42.1 Å². The van der Waals surface area contributed by atoms with Crippen molar-refractivity contribution in [2.75, 3.05) is 0 Å². The topological polar surface area (TPSA) is 52.0 Å². The molecule has 1 atom stereocenters. The predicted molar refractivity (Wildman–Crippen MR) is 63.5 cm³/mol. The molecule has 0 saturated carbocycles. The fourth-order valence-electron chi connectivity index (χ4n) is 1.58. The largest absolute Gasteiger partial charge is 0.364 e. The molecule has 1 heterocycles. The van der Waals surface area contributed by atoms with Crippen LogP contribution in [-0.2, 0) is 0 Å². The van der Waals surface area contributed by atoms with Crippen molar-refractivity contribution < 1.29 is 4.52 Å². The van der Waals surface area contributed by atoms with Crippen LogP contribution in [0.25, 0.3) is 5.57 Å². The van der Waals surface area contributed by atoms with Crippen LogP contribution >= 0.6 is 0 Å². The predicted octanol–water partition coefficient (Wildman–Crippen LogP) is 2.78. The highest BCUT2D eigenvalue weighted by molar-refractivity contribution is 5.60. The van der Waals surface area contributed by atoms with Crippen molar-refractivity contribution in [3.8, 4) is 0 Å². The first-order valence-corrected chi connectivity index (χ1v) is 5.16. The maximum absolute atomic E-state index is 6.08. The molecular formula is C13H14N2O. The van der Waals surface area contributed by atoms with E-state index < -0.39 is 0 Å². The third-order valence-corrected chi connectivity index (χ3v) is 2.49. The summed E-state index contributed by atoms with van der Waals surface area (Å²) in [7, 11) is 0. The Balaban J connectivity index is 2.03. The van der Waals surface area contributed by atoms with E-state index in [1.165, 1.54) is 6.26 Å². The van der Waals surface area contributed by atoms with Gasteiger partial charge in [0, 0.05) is 12.1 Å². The Hall–Kier alpha value is -1.87. The molecule has 0 aliphatic carbocycles. The first-order valence-electron chi connectivity index (χ1n) is 5.16. The molecule has 3 nitrogen and oxygen atoms in total. The first kappa shape index (κ1) is 10.6. The van der Waals surface area contributed by atoms with Gasteiger partial charge in [-0.2, -0.15) is 0 Å². The second-order valence-electron chi connectivity index (χ2n) is 3.71. The molecule has 0 aliphatic rings. The van der Waals surface area contributed by atoms with E-state index in [9.17, 15) is 0 Å². The van der Waals surface area contributed by atoms with E-state index in [2.05, 4.69) is 11.7 Å². The molecule has 3 heteroatoms. The van der Waals surface area contributed by atoms with E-state index in [0.29, 0.717) is 6.42 Å². The summed E-state index contributed by atoms with van der Waals surface area (Å²) in [4.78, 5) is 0. The van der Waals surface area contributed by atoms with Crippen LogP contribution in [0.2, 0.25) is 0 Å². The zero-order valence-corrected chi connectivity index (χ0v) is 8.97. The van der Waals surface area contributed by atoms with E-state index in [-0.39, 0.29) is 6.04 Å². The van der Waals surface area contributed by atoms with Crippen LogP contribution in [0.3, 0.4) is 0 Å². The summed E-state index contributed by atoms with van der Waals surface area (Å²) in [5.74, 6) is 0. The average Bonchev–Trinajstić information content (AvgIpc) is 2.83. The molecule has 0 fully saturated rings. The standard InChI is InChI=1S/C13H14N2O/c1-10(13-7-8-16-15-13)9-12(14)11-5-3-2-4-6-11/h2-8,12H,1,9,14H2. The minimum Gasteiger partial charge on any atom is -0.364 e. The van der Waals surface area contributed by atoms with Gasteiger partial charge in [-0.05, 0) is 17.6 Å². The molecule has 16 heavy (non-hydrogen) atoms. The molecule has 0 spiro atoms. The Kier molecular flexibility index (Phi) is 3.17. The fourth-order valence-corrected chi connectivity index (χ4v) is 1.58. The van der Waals surface area contributed by atoms with Crippen molar-refractivity contribution in [2.24, 2.45) is 5.73 Å². The number of nitrogens with two attached hydrogens (primary N) is 1. The van der Waals surface area contributed by atoms with Crippen LogP contribution in [0, 0.1) is 0 Å². The quantitative estimate of drug-likeness (QED) is 0.851. The Morgan fingerprint density at radius 1 is 1.31 bits per heavy atom. The van der Waals surface area contributed by atoms with E-state index in [0.717, 1.165) is 16.8 Å². The van der Waals surface area contributed by atoms with Crippen molar-refractivity contribution in [1.82, 2.24) is 5.16 Å². The number of hydrogen-bond donors (Lipinski definition) is 1. The molecule has 2 aromatic rings. The lowest BCUT2D eigenvalue weighted by Crippen LogP contribution is -2.10. The molecule has 2 rings (SSSR count). The van der Waals surface area contributed by atoms with Crippen LogP contribution in [0.1, 0.15) is 23.7 Å². The molecule has 0 bridgehead atoms. The van der Waals surface area contributed by atoms with Crippen molar-refractivity contribution in [3.05, 3.63) is 60.5 Å². The summed E-state index contributed by atoms with van der Waals surface area (Å²) in [6, 6.07) is 11.7. The van der Waals surface area contributed by atoms with Gasteiger partial charge in [-0.15, -0.1) is 0 Å². The highest BCUT2D eigenvalue weighted by atomic mass is 16.5. The van der Waals surface area contributed by atoms with Crippen LogP contribution < -0.4 is 5.73 Å². The molecule has 1 unspecified atom stereocenters. The maximum atomic E-state index is 6.08. The van der Waals surface area contributed by atoms with E-state index in [1.807, 2.05) is 30.3 Å². The SMILES string of the molecule is C=C(CC(N)c1ccccc1)c1ccon1. The average molecular weight is 214 g/mol. The molecule has 0 aliphatic heterocycles. The highest BCUT2D eigenvalue weighted by Crippen LogP contribution is 2.23. The van der Waals surface area contributed by atoms with Gasteiger partial charge in [0.15, 0.2) is 0 Å². The van der Waals surface area contributed by atoms with Crippen LogP contribution in [0.5, 0.6) is 0 Å². The fraction of sp³-hybridized carbons (Fsp3) is 0.154. The summed E-state index contributed by atoms with van der Waals surface area (Å²) in [5, 5.41) is 3.83. The molecule has 0 amide bonds. The Morgan fingerprint density at radius 3 is 2.69 bits per heavy atom. The number of hydrogen-bond acceptors (Lipinski definition) is 3. The molecule has 1 aromatic heterocycles. The number of benzene rings is 1. The molecule has 82 valence electrons. The number of rotatable bonds is 4. The van der Waals surface area contributed by atoms with Crippen molar-refractivity contribution >= 4 is 5.57 Å². The zero-order valence-electron chi connectivity index (χ0n) is 8.97. The summed E-state index contributed by atoms with van der Waals surface area (Å²) >= 11 is 0. The van der Waals surface area contributed by atoms with Crippen molar-refractivity contribution in [2.45, 2.75) is 12.5 Å². The Labute approximate surface area is 94.6 Å². The third kappa shape index (κ3) is 2.38. The van der Waals surface area contributed by atoms with Gasteiger partial charge in [0.2, 0.25) is 0 Å². The van der Waals surface area contributed by atoms with Crippen LogP contribution in [0.15, 0.2) is 53.8 Å². The van der Waals surface area contributed by atoms with Gasteiger partial charge in [0.25, 0.3) is 0 Å². The summed E-state index contributed by atoms with van der Waals surface area (Å²) in [5.41, 5.74) is 8.85. The summed E-state index contributed by atoms with van der Waals surface area (Å²) in [6.07, 6.45) is 2.21. The van der Waals surface area contributed by atoms with Crippen LogP contribution in [-0.4, -0.2) is 5.16 Å². The Bertz CT molecular complexity index is 448. The number of aromatic nitrogens is 1. The van der Waals surface area contributed by atoms with Gasteiger partial charge in [-0.3, -0.25) is 0 Å². The molecule has 2 N–H and O–H groups in total. The normalized spacial score (nSPS) is 12.3. The lowest BCUT2D eigenvalue weighted by molar-refractivity contribution is 0.417. The van der Waals surface area contributed by atoms with Gasteiger partial charge >= 0.3 is 0 Å². The molecular weight excluding hydrogens is 200 g/mol. The lowest BCUT2D eigenvalue weighted by Gasteiger charge is -2.12. The minimum atomic E-state index is -0.0506. The molecule has 0 saturated heterocycles. The van der Waals surface area contributed by atoms with E-state index in [1.54, 1.807) is 6.07 Å². The summed E-state index contributed by atoms with van der Waals surface area (Å²) in [6.45, 7) is 3.96. The molecule has 0 radical (unpaired) electrons. The number of nitrogens with zero attached hydrogens (tertiary/aromatic N) is 1. The second kappa shape index (κ2) is 4.77. The monoisotopic (exact) mass is 214 g/mol. The van der Waals surface area contributed by atoms with E-state index >= 15 is 0 Å². The van der Waals surface area contributed by atoms with Gasteiger partial charge in [-0.25, -0.2) is 0 Å². The lowest BCUT2D eigenvalue weighted by atomic mass is 9.99. The smallest absolute Gasteiger partial charge is 0.124 e. The zero-order chi connectivity index (χ0) is 11.4. The second-order valence-corrected chi connectivity index (χ2v) is 3.71. The minimum absolute atomic E-state index is 0.0506. The van der Waals surface area contributed by atoms with Crippen molar-refractivity contribution in [3.63, 3.8) is 0 Å². The summed E-state index contributed by atoms with van der Waals surface area (Å²) < 4.78 is 4.77. The maximum Gasteiger partial charge on any atom is 0.124 e. The molecule has 1 aromatic carbocycles. The van der Waals surface area contributed by atoms with Crippen molar-refractivity contribution in [1.29, 1.82) is 0 Å². The Morgan fingerprint density at radius 2 is 2.06 bits per heavy atom.